The molecule has 1 fully saturated rings. The van der Waals surface area contributed by atoms with Crippen molar-refractivity contribution in [1.82, 2.24) is 34.4 Å². The third-order valence-corrected chi connectivity index (χ3v) is 7.99. The van der Waals surface area contributed by atoms with Crippen LogP contribution < -0.4 is 11.1 Å². The number of pyridine rings is 2. The minimum absolute atomic E-state index is 0.171. The Morgan fingerprint density at radius 3 is 2.44 bits per heavy atom. The number of hydrogen-bond donors (Lipinski definition) is 2. The highest BCUT2D eigenvalue weighted by molar-refractivity contribution is 5.85. The number of nitrogens with two attached hydrogens (primary N) is 1. The van der Waals surface area contributed by atoms with Crippen LogP contribution in [0.25, 0.3) is 39.6 Å². The summed E-state index contributed by atoms with van der Waals surface area (Å²) in [5, 5.41) is 12.5. The number of nitrogens with zero attached hydrogens (tertiary/aromatic N) is 8. The molecule has 1 aliphatic heterocycles. The number of fused-ring (bicyclic) bond motifs is 1. The van der Waals surface area contributed by atoms with Crippen molar-refractivity contribution < 1.29 is 4.39 Å². The summed E-state index contributed by atoms with van der Waals surface area (Å²) in [6, 6.07) is 26.9. The highest BCUT2D eigenvalue weighted by atomic mass is 19.1. The molecule has 1 saturated heterocycles. The first-order valence-corrected chi connectivity index (χ1v) is 14.7. The van der Waals surface area contributed by atoms with Gasteiger partial charge in [0.15, 0.2) is 5.65 Å². The third-order valence-electron chi connectivity index (χ3n) is 7.99. The number of halogens is 1. The number of imidazole rings is 1. The van der Waals surface area contributed by atoms with Crippen LogP contribution in [0.1, 0.15) is 24.2 Å². The van der Waals surface area contributed by atoms with Crippen LogP contribution in [-0.2, 0) is 6.54 Å². The van der Waals surface area contributed by atoms with Gasteiger partial charge < -0.3 is 11.1 Å². The Labute approximate surface area is 259 Å². The molecule has 6 aromatic rings. The molecule has 4 aromatic heterocycles. The van der Waals surface area contributed by atoms with E-state index in [1.165, 1.54) is 17.8 Å². The number of aromatic nitrogens is 6. The molecule has 7 rings (SSSR count). The smallest absolute Gasteiger partial charge is 0.234 e. The molecule has 0 aliphatic carbocycles. The van der Waals surface area contributed by atoms with Gasteiger partial charge in [-0.1, -0.05) is 24.3 Å². The number of nitrogen functional groups attached to an aromatic ring is 1. The molecule has 3 N–H and O–H groups in total. The van der Waals surface area contributed by atoms with E-state index in [9.17, 15) is 4.39 Å². The second-order valence-corrected chi connectivity index (χ2v) is 11.0. The summed E-state index contributed by atoms with van der Waals surface area (Å²) in [5.74, 6) is 1.15. The zero-order valence-corrected chi connectivity index (χ0v) is 24.3. The minimum Gasteiger partial charge on any atom is -0.398 e. The van der Waals surface area contributed by atoms with E-state index in [2.05, 4.69) is 49.4 Å². The molecule has 0 atom stereocenters. The van der Waals surface area contributed by atoms with Crippen molar-refractivity contribution in [3.8, 4) is 34.5 Å². The van der Waals surface area contributed by atoms with Gasteiger partial charge >= 0.3 is 0 Å². The van der Waals surface area contributed by atoms with Gasteiger partial charge in [0.1, 0.15) is 29.0 Å². The fourth-order valence-corrected chi connectivity index (χ4v) is 5.70. The molecule has 1 aliphatic rings. The lowest BCUT2D eigenvalue weighted by atomic mass is 10.0. The van der Waals surface area contributed by atoms with E-state index in [1.807, 2.05) is 47.0 Å². The van der Waals surface area contributed by atoms with Crippen LogP contribution in [0.15, 0.2) is 91.3 Å². The minimum atomic E-state index is -0.398. The maximum atomic E-state index is 13.5. The lowest BCUT2D eigenvalue weighted by Crippen LogP contribution is -2.38. The Bertz CT molecular complexity index is 2010. The maximum Gasteiger partial charge on any atom is 0.234 e. The van der Waals surface area contributed by atoms with Crippen molar-refractivity contribution in [1.29, 1.82) is 5.26 Å². The molecule has 0 bridgehead atoms. The summed E-state index contributed by atoms with van der Waals surface area (Å²) in [7, 11) is 0. The molecular formula is C34H29FN10. The van der Waals surface area contributed by atoms with E-state index in [-0.39, 0.29) is 5.82 Å². The SMILES string of the molecule is N#Cc1nccc(NC2CCN(Cc3ccc(-n4c(-c5ccccc5N)nc5ccc(-c6ccc(F)cn6)nc54)cc3)CC2)n1. The van der Waals surface area contributed by atoms with Crippen LogP contribution in [-0.4, -0.2) is 53.5 Å². The predicted octanol–water partition coefficient (Wildman–Crippen LogP) is 5.61. The summed E-state index contributed by atoms with van der Waals surface area (Å²) in [6.07, 6.45) is 4.75. The van der Waals surface area contributed by atoms with E-state index in [4.69, 9.17) is 21.0 Å². The summed E-state index contributed by atoms with van der Waals surface area (Å²) < 4.78 is 15.6. The second kappa shape index (κ2) is 12.1. The first-order valence-electron chi connectivity index (χ1n) is 14.7. The van der Waals surface area contributed by atoms with Crippen LogP contribution in [0.5, 0.6) is 0 Å². The lowest BCUT2D eigenvalue weighted by Gasteiger charge is -2.32. The van der Waals surface area contributed by atoms with Crippen LogP contribution in [0.4, 0.5) is 15.9 Å². The molecule has 2 aromatic carbocycles. The molecule has 0 unspecified atom stereocenters. The number of anilines is 2. The fraction of sp³-hybridized carbons (Fsp3) is 0.176. The van der Waals surface area contributed by atoms with Gasteiger partial charge in [0.2, 0.25) is 5.82 Å². The zero-order valence-electron chi connectivity index (χ0n) is 24.3. The second-order valence-electron chi connectivity index (χ2n) is 11.0. The Balaban J connectivity index is 1.13. The number of nitrogens with one attached hydrogen (secondary N) is 1. The first kappa shape index (κ1) is 28.1. The first-order chi connectivity index (χ1) is 22.0. The highest BCUT2D eigenvalue weighted by Crippen LogP contribution is 2.32. The van der Waals surface area contributed by atoms with Crippen molar-refractivity contribution in [2.24, 2.45) is 0 Å². The van der Waals surface area contributed by atoms with Gasteiger partial charge in [-0.15, -0.1) is 0 Å². The number of hydrogen-bond acceptors (Lipinski definition) is 9. The van der Waals surface area contributed by atoms with Gasteiger partial charge in [-0.05, 0) is 73.0 Å². The Kier molecular flexibility index (Phi) is 7.55. The number of para-hydroxylation sites is 1. The molecule has 0 amide bonds. The average Bonchev–Trinajstić information content (AvgIpc) is 3.45. The maximum absolute atomic E-state index is 13.5. The zero-order chi connectivity index (χ0) is 30.8. The van der Waals surface area contributed by atoms with Gasteiger partial charge in [-0.2, -0.15) is 5.26 Å². The summed E-state index contributed by atoms with van der Waals surface area (Å²) >= 11 is 0. The highest BCUT2D eigenvalue weighted by Gasteiger charge is 2.21. The van der Waals surface area contributed by atoms with Gasteiger partial charge in [0, 0.05) is 48.8 Å². The molecule has 222 valence electrons. The van der Waals surface area contributed by atoms with Crippen molar-refractivity contribution in [2.75, 3.05) is 24.1 Å². The van der Waals surface area contributed by atoms with Crippen molar-refractivity contribution >= 4 is 22.7 Å². The standard InChI is InChI=1S/C34H29FN10/c35-23-7-10-28(39-20-23)29-11-12-30-34(41-29)45(33(42-30)26-3-1-2-4-27(26)37)25-8-5-22(6-9-25)21-44-17-14-24(15-18-44)40-31-13-16-38-32(19-36)43-31/h1-13,16,20,24H,14-15,17-18,21,37H2,(H,38,40,43). The number of likely N-dealkylation sites (tertiary alicyclic amines) is 1. The molecule has 45 heavy (non-hydrogen) atoms. The molecule has 5 heterocycles. The molecule has 0 spiro atoms. The van der Waals surface area contributed by atoms with E-state index < -0.39 is 5.82 Å². The predicted molar refractivity (Wildman–Crippen MR) is 171 cm³/mol. The molecule has 0 saturated carbocycles. The molecule has 0 radical (unpaired) electrons. The van der Waals surface area contributed by atoms with E-state index in [0.29, 0.717) is 45.9 Å². The normalized spacial score (nSPS) is 14.0. The number of benzene rings is 2. The quantitative estimate of drug-likeness (QED) is 0.226. The monoisotopic (exact) mass is 596 g/mol. The molecule has 10 nitrogen and oxygen atoms in total. The van der Waals surface area contributed by atoms with E-state index >= 15 is 0 Å². The number of nitriles is 1. The summed E-state index contributed by atoms with van der Waals surface area (Å²) in [4.78, 5) is 24.7. The van der Waals surface area contributed by atoms with E-state index in [0.717, 1.165) is 43.7 Å². The number of piperidine rings is 1. The van der Waals surface area contributed by atoms with Crippen molar-refractivity contribution in [2.45, 2.75) is 25.4 Å². The number of rotatable bonds is 7. The lowest BCUT2D eigenvalue weighted by molar-refractivity contribution is 0.211. The van der Waals surface area contributed by atoms with Crippen molar-refractivity contribution in [3.63, 3.8) is 0 Å². The van der Waals surface area contributed by atoms with Crippen LogP contribution in [0, 0.1) is 17.1 Å². The van der Waals surface area contributed by atoms with E-state index in [1.54, 1.807) is 18.3 Å². The van der Waals surface area contributed by atoms with Gasteiger partial charge in [-0.3, -0.25) is 14.5 Å². The third kappa shape index (κ3) is 5.91. The van der Waals surface area contributed by atoms with Crippen LogP contribution in [0.3, 0.4) is 0 Å². The molecule has 11 heteroatoms. The van der Waals surface area contributed by atoms with Crippen molar-refractivity contribution in [3.05, 3.63) is 108 Å². The summed E-state index contributed by atoms with van der Waals surface area (Å²) in [5.41, 5.74) is 12.5. The fourth-order valence-electron chi connectivity index (χ4n) is 5.70. The van der Waals surface area contributed by atoms with Gasteiger partial charge in [0.05, 0.1) is 17.6 Å². The Morgan fingerprint density at radius 1 is 0.889 bits per heavy atom. The Hall–Kier alpha value is -5.73. The average molecular weight is 597 g/mol. The molecular weight excluding hydrogens is 567 g/mol. The van der Waals surface area contributed by atoms with Gasteiger partial charge in [-0.25, -0.2) is 24.3 Å². The van der Waals surface area contributed by atoms with Gasteiger partial charge in [0.25, 0.3) is 0 Å². The van der Waals surface area contributed by atoms with Crippen LogP contribution >= 0.6 is 0 Å². The summed E-state index contributed by atoms with van der Waals surface area (Å²) in [6.45, 7) is 2.73. The van der Waals surface area contributed by atoms with Crippen LogP contribution in [0.2, 0.25) is 0 Å². The largest absolute Gasteiger partial charge is 0.398 e. The topological polar surface area (TPSA) is 134 Å². The Morgan fingerprint density at radius 2 is 1.69 bits per heavy atom.